The van der Waals surface area contributed by atoms with Gasteiger partial charge in [-0.25, -0.2) is 0 Å². The van der Waals surface area contributed by atoms with Gasteiger partial charge in [-0.05, 0) is 30.5 Å². The number of benzene rings is 1. The highest BCUT2D eigenvalue weighted by Gasteiger charge is 2.06. The van der Waals surface area contributed by atoms with Crippen LogP contribution in [0.4, 0.5) is 0 Å². The Labute approximate surface area is 116 Å². The van der Waals surface area contributed by atoms with E-state index in [1.807, 2.05) is 18.2 Å². The van der Waals surface area contributed by atoms with Crippen molar-refractivity contribution in [3.63, 3.8) is 0 Å². The molecule has 1 rings (SSSR count). The average molecular weight is 261 g/mol. The van der Waals surface area contributed by atoms with Gasteiger partial charge in [0.05, 0.1) is 25.7 Å². The molecule has 0 unspecified atom stereocenters. The second kappa shape index (κ2) is 9.27. The van der Waals surface area contributed by atoms with Gasteiger partial charge in [0.15, 0.2) is 11.5 Å². The van der Waals surface area contributed by atoms with Crippen LogP contribution in [0.3, 0.4) is 0 Å². The summed E-state index contributed by atoms with van der Waals surface area (Å²) in [5.41, 5.74) is 0.969. The Kier molecular flexibility index (Phi) is 7.50. The van der Waals surface area contributed by atoms with Crippen LogP contribution >= 0.6 is 0 Å². The van der Waals surface area contributed by atoms with Crippen molar-refractivity contribution in [1.82, 2.24) is 0 Å². The maximum absolute atomic E-state index is 8.75. The number of hydrogen-bond acceptors (Lipinski definition) is 3. The monoisotopic (exact) mass is 261 g/mol. The number of nitriles is 1. The van der Waals surface area contributed by atoms with Crippen LogP contribution < -0.4 is 9.47 Å². The van der Waals surface area contributed by atoms with Gasteiger partial charge in [-0.15, -0.1) is 0 Å². The molecule has 1 aromatic rings. The van der Waals surface area contributed by atoms with E-state index in [0.717, 1.165) is 42.7 Å². The molecule has 19 heavy (non-hydrogen) atoms. The van der Waals surface area contributed by atoms with Crippen molar-refractivity contribution in [3.05, 3.63) is 23.8 Å². The lowest BCUT2D eigenvalue weighted by molar-refractivity contribution is 0.261. The molecule has 0 bridgehead atoms. The van der Waals surface area contributed by atoms with Crippen LogP contribution in [0.25, 0.3) is 0 Å². The smallest absolute Gasteiger partial charge is 0.161 e. The van der Waals surface area contributed by atoms with E-state index >= 15 is 0 Å². The molecule has 0 atom stereocenters. The molecular formula is C16H23NO2. The molecule has 0 saturated carbocycles. The summed E-state index contributed by atoms with van der Waals surface area (Å²) in [7, 11) is 0. The van der Waals surface area contributed by atoms with E-state index in [9.17, 15) is 0 Å². The number of nitrogens with zero attached hydrogens (tertiary/aromatic N) is 1. The highest BCUT2D eigenvalue weighted by atomic mass is 16.5. The fourth-order valence-electron chi connectivity index (χ4n) is 1.64. The summed E-state index contributed by atoms with van der Waals surface area (Å²) in [5.74, 6) is 1.54. The third kappa shape index (κ3) is 5.65. The molecule has 0 spiro atoms. The Balaban J connectivity index is 2.72. The lowest BCUT2D eigenvalue weighted by Gasteiger charge is -2.13. The first-order valence-electron chi connectivity index (χ1n) is 7.07. The minimum atomic E-state index is 0.402. The maximum Gasteiger partial charge on any atom is 0.161 e. The molecule has 0 fully saturated rings. The normalized spacial score (nSPS) is 9.95. The molecule has 0 aliphatic rings. The van der Waals surface area contributed by atoms with Crippen LogP contribution in [0.15, 0.2) is 18.2 Å². The topological polar surface area (TPSA) is 42.2 Å². The Morgan fingerprint density at radius 3 is 2.21 bits per heavy atom. The van der Waals surface area contributed by atoms with Crippen molar-refractivity contribution < 1.29 is 9.47 Å². The SMILES string of the molecule is CCCCOc1ccc(CC#N)cc1OCCCC. The maximum atomic E-state index is 8.75. The zero-order chi connectivity index (χ0) is 13.9. The van der Waals surface area contributed by atoms with Gasteiger partial charge in [0.25, 0.3) is 0 Å². The largest absolute Gasteiger partial charge is 0.490 e. The summed E-state index contributed by atoms with van der Waals surface area (Å²) >= 11 is 0. The highest BCUT2D eigenvalue weighted by Crippen LogP contribution is 2.29. The molecule has 1 aromatic carbocycles. The van der Waals surface area contributed by atoms with Crippen LogP contribution in [-0.4, -0.2) is 13.2 Å². The summed E-state index contributed by atoms with van der Waals surface area (Å²) in [4.78, 5) is 0. The van der Waals surface area contributed by atoms with Crippen LogP contribution in [0.5, 0.6) is 11.5 Å². The third-order valence-corrected chi connectivity index (χ3v) is 2.80. The van der Waals surface area contributed by atoms with Crippen molar-refractivity contribution in [2.45, 2.75) is 46.0 Å². The van der Waals surface area contributed by atoms with Gasteiger partial charge in [0.1, 0.15) is 0 Å². The third-order valence-electron chi connectivity index (χ3n) is 2.80. The number of rotatable bonds is 9. The van der Waals surface area contributed by atoms with Crippen molar-refractivity contribution in [2.24, 2.45) is 0 Å². The molecule has 3 heteroatoms. The van der Waals surface area contributed by atoms with Gasteiger partial charge in [0.2, 0.25) is 0 Å². The summed E-state index contributed by atoms with van der Waals surface area (Å²) in [6.45, 7) is 5.67. The second-order valence-electron chi connectivity index (χ2n) is 4.52. The van der Waals surface area contributed by atoms with Crippen molar-refractivity contribution in [2.75, 3.05) is 13.2 Å². The zero-order valence-electron chi connectivity index (χ0n) is 11.9. The van der Waals surface area contributed by atoms with Crippen molar-refractivity contribution >= 4 is 0 Å². The predicted octanol–water partition coefficient (Wildman–Crippen LogP) is 4.11. The lowest BCUT2D eigenvalue weighted by Crippen LogP contribution is -2.02. The molecule has 0 N–H and O–H groups in total. The van der Waals surface area contributed by atoms with Gasteiger partial charge in [-0.3, -0.25) is 0 Å². The Morgan fingerprint density at radius 1 is 1.00 bits per heavy atom. The Hall–Kier alpha value is -1.69. The van der Waals surface area contributed by atoms with Crippen molar-refractivity contribution in [3.8, 4) is 17.6 Å². The first kappa shape index (κ1) is 15.4. The van der Waals surface area contributed by atoms with E-state index < -0.39 is 0 Å². The van der Waals surface area contributed by atoms with Crippen LogP contribution in [-0.2, 0) is 6.42 Å². The molecule has 0 amide bonds. The standard InChI is InChI=1S/C16H23NO2/c1-3-5-11-18-15-8-7-14(9-10-17)13-16(15)19-12-6-4-2/h7-8,13H,3-6,9,11-12H2,1-2H3. The summed E-state index contributed by atoms with van der Waals surface area (Å²) in [6, 6.07) is 7.90. The first-order chi connectivity index (χ1) is 9.31. The van der Waals surface area contributed by atoms with Gasteiger partial charge in [-0.1, -0.05) is 32.8 Å². The van der Waals surface area contributed by atoms with Gasteiger partial charge in [-0.2, -0.15) is 5.26 Å². The summed E-state index contributed by atoms with van der Waals surface area (Å²) in [5, 5.41) is 8.75. The molecule has 0 aliphatic heterocycles. The Morgan fingerprint density at radius 2 is 1.63 bits per heavy atom. The minimum Gasteiger partial charge on any atom is -0.490 e. The first-order valence-corrected chi connectivity index (χ1v) is 7.07. The molecule has 0 aliphatic carbocycles. The zero-order valence-corrected chi connectivity index (χ0v) is 11.9. The summed E-state index contributed by atoms with van der Waals surface area (Å²) < 4.78 is 11.5. The van der Waals surface area contributed by atoms with E-state index in [0.29, 0.717) is 19.6 Å². The lowest BCUT2D eigenvalue weighted by atomic mass is 10.1. The molecule has 0 saturated heterocycles. The molecule has 0 heterocycles. The van der Waals surface area contributed by atoms with E-state index in [-0.39, 0.29) is 0 Å². The van der Waals surface area contributed by atoms with E-state index in [1.165, 1.54) is 0 Å². The molecule has 0 aromatic heterocycles. The van der Waals surface area contributed by atoms with Gasteiger partial charge >= 0.3 is 0 Å². The molecular weight excluding hydrogens is 238 g/mol. The van der Waals surface area contributed by atoms with E-state index in [2.05, 4.69) is 19.9 Å². The molecule has 104 valence electrons. The van der Waals surface area contributed by atoms with Crippen LogP contribution in [0, 0.1) is 11.3 Å². The molecule has 3 nitrogen and oxygen atoms in total. The van der Waals surface area contributed by atoms with Crippen LogP contribution in [0.1, 0.15) is 45.1 Å². The van der Waals surface area contributed by atoms with Gasteiger partial charge in [0, 0.05) is 0 Å². The predicted molar refractivity (Wildman–Crippen MR) is 76.6 cm³/mol. The fourth-order valence-corrected chi connectivity index (χ4v) is 1.64. The van der Waals surface area contributed by atoms with Crippen molar-refractivity contribution in [1.29, 1.82) is 5.26 Å². The quantitative estimate of drug-likeness (QED) is 0.628. The van der Waals surface area contributed by atoms with E-state index in [1.54, 1.807) is 0 Å². The average Bonchev–Trinajstić information content (AvgIpc) is 2.42. The second-order valence-corrected chi connectivity index (χ2v) is 4.52. The Bertz CT molecular complexity index is 410. The van der Waals surface area contributed by atoms with Gasteiger partial charge < -0.3 is 9.47 Å². The molecule has 0 radical (unpaired) electrons. The number of hydrogen-bond donors (Lipinski definition) is 0. The highest BCUT2D eigenvalue weighted by molar-refractivity contribution is 5.43. The number of unbranched alkanes of at least 4 members (excludes halogenated alkanes) is 2. The number of ether oxygens (including phenoxy) is 2. The fraction of sp³-hybridized carbons (Fsp3) is 0.562. The van der Waals surface area contributed by atoms with Crippen LogP contribution in [0.2, 0.25) is 0 Å². The van der Waals surface area contributed by atoms with E-state index in [4.69, 9.17) is 14.7 Å². The minimum absolute atomic E-state index is 0.402. The summed E-state index contributed by atoms with van der Waals surface area (Å²) in [6.07, 6.45) is 4.67.